The van der Waals surface area contributed by atoms with Crippen molar-refractivity contribution >= 4 is 44.2 Å². The maximum atomic E-state index is 12.9. The van der Waals surface area contributed by atoms with Gasteiger partial charge < -0.3 is 4.42 Å². The molecule has 3 aromatic carbocycles. The van der Waals surface area contributed by atoms with E-state index in [1.54, 1.807) is 30.3 Å². The van der Waals surface area contributed by atoms with Gasteiger partial charge in [-0.3, -0.25) is 14.5 Å². The van der Waals surface area contributed by atoms with Crippen molar-refractivity contribution in [3.05, 3.63) is 93.4 Å². The second-order valence-electron chi connectivity index (χ2n) is 6.16. The second-order valence-corrected chi connectivity index (χ2v) is 8.28. The minimum absolute atomic E-state index is 0.0823. The van der Waals surface area contributed by atoms with Gasteiger partial charge in [-0.15, -0.1) is 0 Å². The molecule has 0 bridgehead atoms. The summed E-state index contributed by atoms with van der Waals surface area (Å²) in [5.41, 5.74) is 1.07. The van der Waals surface area contributed by atoms with Gasteiger partial charge in [0, 0.05) is 22.2 Å². The molecule has 1 aromatic heterocycles. The summed E-state index contributed by atoms with van der Waals surface area (Å²) in [6.45, 7) is 0. The van der Waals surface area contributed by atoms with Crippen LogP contribution in [0.25, 0.3) is 11.1 Å². The van der Waals surface area contributed by atoms with E-state index in [0.717, 1.165) is 0 Å². The normalized spacial score (nSPS) is 11.5. The highest BCUT2D eigenvalue weighted by molar-refractivity contribution is 7.92. The molecule has 2 N–H and O–H groups in total. The molecule has 0 unspecified atom stereocenters. The number of hydrogen-bond donors (Lipinski definition) is 2. The largest absolute Gasteiger partial charge is 0.417 e. The standard InChI is InChI=1S/C20H13ClN2O5S/c21-13-6-8-16(15(10-13)19(24)12-4-2-1-3-5-12)23-29(26,27)14-7-9-17-18(11-14)28-20(25)22-17/h1-11,23H,(H,22,25). The van der Waals surface area contributed by atoms with Crippen LogP contribution in [0.15, 0.2) is 80.8 Å². The van der Waals surface area contributed by atoms with E-state index in [-0.39, 0.29) is 27.5 Å². The summed E-state index contributed by atoms with van der Waals surface area (Å²) in [6, 6.07) is 16.7. The van der Waals surface area contributed by atoms with Crippen molar-refractivity contribution in [1.29, 1.82) is 0 Å². The summed E-state index contributed by atoms with van der Waals surface area (Å²) in [5, 5.41) is 0.294. The Morgan fingerprint density at radius 1 is 1.00 bits per heavy atom. The van der Waals surface area contributed by atoms with Gasteiger partial charge in [0.1, 0.15) is 0 Å². The fraction of sp³-hybridized carbons (Fsp3) is 0. The predicted octanol–water partition coefficient (Wildman–Crippen LogP) is 3.81. The molecule has 29 heavy (non-hydrogen) atoms. The monoisotopic (exact) mass is 428 g/mol. The van der Waals surface area contributed by atoms with E-state index in [4.69, 9.17) is 16.0 Å². The van der Waals surface area contributed by atoms with Gasteiger partial charge in [-0.25, -0.2) is 13.2 Å². The molecule has 9 heteroatoms. The molecule has 0 saturated heterocycles. The maximum absolute atomic E-state index is 12.9. The number of ketones is 1. The lowest BCUT2D eigenvalue weighted by Gasteiger charge is -2.13. The number of benzene rings is 3. The lowest BCUT2D eigenvalue weighted by molar-refractivity contribution is 0.103. The van der Waals surface area contributed by atoms with Crippen molar-refractivity contribution in [2.24, 2.45) is 0 Å². The third-order valence-corrected chi connectivity index (χ3v) is 5.81. The number of carbonyl (C=O) groups excluding carboxylic acids is 1. The Bertz CT molecular complexity index is 1390. The number of carbonyl (C=O) groups is 1. The van der Waals surface area contributed by atoms with Gasteiger partial charge in [0.25, 0.3) is 10.0 Å². The first-order valence-electron chi connectivity index (χ1n) is 8.38. The van der Waals surface area contributed by atoms with Gasteiger partial charge in [0.15, 0.2) is 11.4 Å². The molecule has 1 heterocycles. The first kappa shape index (κ1) is 19.0. The molecular weight excluding hydrogens is 416 g/mol. The van der Waals surface area contributed by atoms with Crippen LogP contribution in [0.2, 0.25) is 5.02 Å². The summed E-state index contributed by atoms with van der Waals surface area (Å²) in [7, 11) is -4.07. The molecule has 0 amide bonds. The van der Waals surface area contributed by atoms with Crippen molar-refractivity contribution in [3.8, 4) is 0 Å². The minimum Gasteiger partial charge on any atom is -0.408 e. The molecule has 0 aliphatic carbocycles. The number of aromatic nitrogens is 1. The van der Waals surface area contributed by atoms with Gasteiger partial charge in [-0.2, -0.15) is 0 Å². The molecule has 0 atom stereocenters. The Morgan fingerprint density at radius 2 is 1.76 bits per heavy atom. The molecule has 0 saturated carbocycles. The third-order valence-electron chi connectivity index (χ3n) is 4.21. The van der Waals surface area contributed by atoms with Gasteiger partial charge in [-0.05, 0) is 30.3 Å². The summed E-state index contributed by atoms with van der Waals surface area (Å²) in [6.07, 6.45) is 0. The molecule has 146 valence electrons. The number of fused-ring (bicyclic) bond motifs is 1. The molecule has 0 radical (unpaired) electrons. The minimum atomic E-state index is -4.07. The van der Waals surface area contributed by atoms with Gasteiger partial charge in [0.2, 0.25) is 0 Å². The average molecular weight is 429 g/mol. The van der Waals surface area contributed by atoms with Crippen LogP contribution in [-0.2, 0) is 10.0 Å². The Morgan fingerprint density at radius 3 is 2.52 bits per heavy atom. The van der Waals surface area contributed by atoms with Crippen LogP contribution < -0.4 is 10.5 Å². The van der Waals surface area contributed by atoms with Crippen LogP contribution in [0.4, 0.5) is 5.69 Å². The number of sulfonamides is 1. The number of rotatable bonds is 5. The maximum Gasteiger partial charge on any atom is 0.417 e. The Labute approximate surface area is 170 Å². The molecule has 4 rings (SSSR count). The van der Waals surface area contributed by atoms with Crippen LogP contribution in [-0.4, -0.2) is 19.2 Å². The average Bonchev–Trinajstić information content (AvgIpc) is 3.08. The second kappa shape index (κ2) is 7.23. The summed E-state index contributed by atoms with van der Waals surface area (Å²) in [5.74, 6) is -1.06. The summed E-state index contributed by atoms with van der Waals surface area (Å²) < 4.78 is 33.1. The highest BCUT2D eigenvalue weighted by Gasteiger charge is 2.21. The number of halogens is 1. The first-order chi connectivity index (χ1) is 13.8. The highest BCUT2D eigenvalue weighted by atomic mass is 35.5. The SMILES string of the molecule is O=C(c1ccccc1)c1cc(Cl)ccc1NS(=O)(=O)c1ccc2[nH]c(=O)oc2c1. The van der Waals surface area contributed by atoms with Crippen molar-refractivity contribution in [2.75, 3.05) is 4.72 Å². The van der Waals surface area contributed by atoms with Gasteiger partial charge in [-0.1, -0.05) is 41.9 Å². The van der Waals surface area contributed by atoms with Crippen LogP contribution in [0.1, 0.15) is 15.9 Å². The Hall–Kier alpha value is -3.36. The molecule has 0 fully saturated rings. The number of oxazole rings is 1. The lowest BCUT2D eigenvalue weighted by atomic mass is 10.0. The van der Waals surface area contributed by atoms with E-state index in [9.17, 15) is 18.0 Å². The smallest absolute Gasteiger partial charge is 0.408 e. The van der Waals surface area contributed by atoms with Gasteiger partial charge in [0.05, 0.1) is 16.1 Å². The number of aromatic amines is 1. The van der Waals surface area contributed by atoms with E-state index >= 15 is 0 Å². The predicted molar refractivity (Wildman–Crippen MR) is 109 cm³/mol. The Balaban J connectivity index is 1.74. The van der Waals surface area contributed by atoms with Crippen LogP contribution in [0.3, 0.4) is 0 Å². The quantitative estimate of drug-likeness (QED) is 0.470. The van der Waals surface area contributed by atoms with Crippen LogP contribution in [0.5, 0.6) is 0 Å². The number of hydrogen-bond acceptors (Lipinski definition) is 5. The first-order valence-corrected chi connectivity index (χ1v) is 10.2. The van der Waals surface area contributed by atoms with Crippen molar-refractivity contribution < 1.29 is 17.6 Å². The van der Waals surface area contributed by atoms with E-state index in [1.165, 1.54) is 36.4 Å². The summed E-state index contributed by atoms with van der Waals surface area (Å²) >= 11 is 6.03. The zero-order valence-electron chi connectivity index (χ0n) is 14.7. The number of nitrogens with one attached hydrogen (secondary N) is 2. The molecule has 0 aliphatic rings. The molecule has 7 nitrogen and oxygen atoms in total. The molecule has 4 aromatic rings. The fourth-order valence-electron chi connectivity index (χ4n) is 2.83. The number of H-pyrrole nitrogens is 1. The zero-order valence-corrected chi connectivity index (χ0v) is 16.3. The lowest BCUT2D eigenvalue weighted by Crippen LogP contribution is -2.16. The van der Waals surface area contributed by atoms with E-state index in [1.807, 2.05) is 0 Å². The molecule has 0 aliphatic heterocycles. The number of anilines is 1. The highest BCUT2D eigenvalue weighted by Crippen LogP contribution is 2.27. The van der Waals surface area contributed by atoms with Gasteiger partial charge >= 0.3 is 5.76 Å². The molecular formula is C20H13ClN2O5S. The zero-order chi connectivity index (χ0) is 20.6. The van der Waals surface area contributed by atoms with Crippen molar-refractivity contribution in [1.82, 2.24) is 4.98 Å². The topological polar surface area (TPSA) is 109 Å². The van der Waals surface area contributed by atoms with Crippen molar-refractivity contribution in [3.63, 3.8) is 0 Å². The Kier molecular flexibility index (Phi) is 4.73. The van der Waals surface area contributed by atoms with Crippen LogP contribution >= 0.6 is 11.6 Å². The fourth-order valence-corrected chi connectivity index (χ4v) is 4.10. The van der Waals surface area contributed by atoms with Crippen LogP contribution in [0, 0.1) is 0 Å². The van der Waals surface area contributed by atoms with E-state index < -0.39 is 15.8 Å². The van der Waals surface area contributed by atoms with E-state index in [2.05, 4.69) is 9.71 Å². The van der Waals surface area contributed by atoms with E-state index in [0.29, 0.717) is 16.1 Å². The summed E-state index contributed by atoms with van der Waals surface area (Å²) in [4.78, 5) is 26.5. The van der Waals surface area contributed by atoms with Crippen molar-refractivity contribution in [2.45, 2.75) is 4.90 Å². The molecule has 0 spiro atoms. The third kappa shape index (κ3) is 3.80.